The number of nitrogens with one attached hydrogen (secondary N) is 1. The fraction of sp³-hybridized carbons (Fsp3) is 0.800. The number of methoxy groups -OCH3 is 1. The zero-order valence-electron chi connectivity index (χ0n) is 12.8. The van der Waals surface area contributed by atoms with Gasteiger partial charge in [-0.3, -0.25) is 4.68 Å². The highest BCUT2D eigenvalue weighted by Crippen LogP contribution is 2.29. The molecule has 6 nitrogen and oxygen atoms in total. The van der Waals surface area contributed by atoms with Gasteiger partial charge in [-0.05, 0) is 26.2 Å². The normalized spacial score (nSPS) is 32.1. The average Bonchev–Trinajstić information content (AvgIpc) is 3.10. The largest absolute Gasteiger partial charge is 0.377 e. The summed E-state index contributed by atoms with van der Waals surface area (Å²) in [4.78, 5) is 0. The van der Waals surface area contributed by atoms with Gasteiger partial charge in [-0.15, -0.1) is 0 Å². The van der Waals surface area contributed by atoms with Crippen molar-refractivity contribution < 1.29 is 14.2 Å². The van der Waals surface area contributed by atoms with Crippen LogP contribution in [0.25, 0.3) is 0 Å². The predicted octanol–water partition coefficient (Wildman–Crippen LogP) is 1.67. The molecular formula is C15H25N3O3. The molecule has 21 heavy (non-hydrogen) atoms. The van der Waals surface area contributed by atoms with Crippen molar-refractivity contribution in [3.8, 4) is 0 Å². The van der Waals surface area contributed by atoms with Crippen LogP contribution in [0, 0.1) is 0 Å². The van der Waals surface area contributed by atoms with Crippen LogP contribution in [-0.2, 0) is 20.8 Å². The second-order valence-electron chi connectivity index (χ2n) is 5.77. The minimum absolute atomic E-state index is 0.117. The van der Waals surface area contributed by atoms with Crippen LogP contribution < -0.4 is 5.32 Å². The Hall–Kier alpha value is -1.11. The first-order valence-corrected chi connectivity index (χ1v) is 7.85. The molecule has 1 saturated heterocycles. The molecule has 1 aromatic rings. The predicted molar refractivity (Wildman–Crippen MR) is 79.4 cm³/mol. The van der Waals surface area contributed by atoms with Crippen LogP contribution in [0.1, 0.15) is 26.2 Å². The molecule has 0 aromatic carbocycles. The molecule has 3 rings (SSSR count). The molecule has 0 bridgehead atoms. The Balaban J connectivity index is 1.50. The van der Waals surface area contributed by atoms with Crippen molar-refractivity contribution in [1.82, 2.24) is 9.78 Å². The van der Waals surface area contributed by atoms with E-state index in [-0.39, 0.29) is 12.2 Å². The van der Waals surface area contributed by atoms with E-state index in [1.807, 2.05) is 24.0 Å². The summed E-state index contributed by atoms with van der Waals surface area (Å²) >= 11 is 0. The van der Waals surface area contributed by atoms with Crippen molar-refractivity contribution >= 4 is 5.69 Å². The first kappa shape index (κ1) is 14.8. The molecule has 0 spiro atoms. The van der Waals surface area contributed by atoms with Crippen LogP contribution >= 0.6 is 0 Å². The molecule has 1 aliphatic carbocycles. The van der Waals surface area contributed by atoms with Gasteiger partial charge in [0.05, 0.1) is 36.7 Å². The smallest absolute Gasteiger partial charge is 0.103 e. The summed E-state index contributed by atoms with van der Waals surface area (Å²) in [6.07, 6.45) is 7.82. The lowest BCUT2D eigenvalue weighted by atomic mass is 9.85. The highest BCUT2D eigenvalue weighted by Gasteiger charge is 2.42. The number of nitrogens with zero attached hydrogens (tertiary/aromatic N) is 2. The minimum atomic E-state index is 0.117. The molecule has 1 aliphatic heterocycles. The SMILES string of the molecule is CCOC1CC(Nc2cnn(CC3CCCO3)c2)C1OC. The summed E-state index contributed by atoms with van der Waals surface area (Å²) in [5.41, 5.74) is 1.04. The summed E-state index contributed by atoms with van der Waals surface area (Å²) in [6.45, 7) is 4.47. The third kappa shape index (κ3) is 3.39. The minimum Gasteiger partial charge on any atom is -0.377 e. The Kier molecular flexibility index (Phi) is 4.77. The lowest BCUT2D eigenvalue weighted by molar-refractivity contribution is -0.118. The Morgan fingerprint density at radius 2 is 2.43 bits per heavy atom. The fourth-order valence-electron chi connectivity index (χ4n) is 3.16. The van der Waals surface area contributed by atoms with Gasteiger partial charge in [-0.25, -0.2) is 0 Å². The summed E-state index contributed by atoms with van der Waals surface area (Å²) in [5, 5.41) is 7.88. The van der Waals surface area contributed by atoms with E-state index >= 15 is 0 Å². The summed E-state index contributed by atoms with van der Waals surface area (Å²) in [7, 11) is 1.74. The molecule has 1 N–H and O–H groups in total. The standard InChI is InChI=1S/C15H25N3O3/c1-3-20-14-7-13(15(14)19-2)17-11-8-16-18(9-11)10-12-5-4-6-21-12/h8-9,12-15,17H,3-7,10H2,1-2H3. The molecule has 0 radical (unpaired) electrons. The lowest BCUT2D eigenvalue weighted by Gasteiger charge is -2.43. The van der Waals surface area contributed by atoms with Gasteiger partial charge in [-0.2, -0.15) is 5.10 Å². The van der Waals surface area contributed by atoms with E-state index < -0.39 is 0 Å². The van der Waals surface area contributed by atoms with E-state index in [1.54, 1.807) is 7.11 Å². The van der Waals surface area contributed by atoms with E-state index in [1.165, 1.54) is 0 Å². The molecule has 1 aromatic heterocycles. The highest BCUT2D eigenvalue weighted by atomic mass is 16.5. The first-order valence-electron chi connectivity index (χ1n) is 7.85. The Bertz CT molecular complexity index is 445. The van der Waals surface area contributed by atoms with E-state index in [0.29, 0.717) is 12.1 Å². The summed E-state index contributed by atoms with van der Waals surface area (Å²) < 4.78 is 18.8. The van der Waals surface area contributed by atoms with Crippen molar-refractivity contribution in [3.05, 3.63) is 12.4 Å². The zero-order valence-corrected chi connectivity index (χ0v) is 12.8. The zero-order chi connectivity index (χ0) is 14.7. The van der Waals surface area contributed by atoms with Gasteiger partial charge in [-0.1, -0.05) is 0 Å². The molecule has 4 atom stereocenters. The fourth-order valence-corrected chi connectivity index (χ4v) is 3.16. The first-order chi connectivity index (χ1) is 10.3. The van der Waals surface area contributed by atoms with Gasteiger partial charge < -0.3 is 19.5 Å². The maximum Gasteiger partial charge on any atom is 0.103 e. The second-order valence-corrected chi connectivity index (χ2v) is 5.77. The number of aromatic nitrogens is 2. The van der Waals surface area contributed by atoms with E-state index in [9.17, 15) is 0 Å². The highest BCUT2D eigenvalue weighted by molar-refractivity contribution is 5.41. The second kappa shape index (κ2) is 6.77. The lowest BCUT2D eigenvalue weighted by Crippen LogP contribution is -2.56. The molecule has 1 saturated carbocycles. The Morgan fingerprint density at radius 1 is 1.52 bits per heavy atom. The van der Waals surface area contributed by atoms with Crippen LogP contribution in [0.2, 0.25) is 0 Å². The molecular weight excluding hydrogens is 270 g/mol. The number of ether oxygens (including phenoxy) is 3. The molecule has 2 heterocycles. The van der Waals surface area contributed by atoms with Crippen molar-refractivity contribution in [2.75, 3.05) is 25.6 Å². The van der Waals surface area contributed by atoms with Crippen LogP contribution in [0.3, 0.4) is 0 Å². The van der Waals surface area contributed by atoms with E-state index in [0.717, 1.165) is 44.7 Å². The van der Waals surface area contributed by atoms with Gasteiger partial charge in [0, 0.05) is 26.5 Å². The average molecular weight is 295 g/mol. The maximum absolute atomic E-state index is 5.64. The van der Waals surface area contributed by atoms with Crippen LogP contribution in [0.4, 0.5) is 5.69 Å². The van der Waals surface area contributed by atoms with Gasteiger partial charge in [0.15, 0.2) is 0 Å². The third-order valence-electron chi connectivity index (χ3n) is 4.30. The van der Waals surface area contributed by atoms with Crippen molar-refractivity contribution in [2.24, 2.45) is 0 Å². The third-order valence-corrected chi connectivity index (χ3v) is 4.30. The quantitative estimate of drug-likeness (QED) is 0.829. The number of hydrogen-bond donors (Lipinski definition) is 1. The number of hydrogen-bond acceptors (Lipinski definition) is 5. The molecule has 2 aliphatic rings. The molecule has 4 unspecified atom stereocenters. The van der Waals surface area contributed by atoms with Gasteiger partial charge in [0.2, 0.25) is 0 Å². The van der Waals surface area contributed by atoms with E-state index in [2.05, 4.69) is 10.4 Å². The van der Waals surface area contributed by atoms with Gasteiger partial charge in [0.25, 0.3) is 0 Å². The van der Waals surface area contributed by atoms with Crippen molar-refractivity contribution in [3.63, 3.8) is 0 Å². The summed E-state index contributed by atoms with van der Waals surface area (Å²) in [6, 6.07) is 0.298. The summed E-state index contributed by atoms with van der Waals surface area (Å²) in [5.74, 6) is 0. The van der Waals surface area contributed by atoms with Crippen LogP contribution in [0.5, 0.6) is 0 Å². The Morgan fingerprint density at radius 3 is 3.14 bits per heavy atom. The van der Waals surface area contributed by atoms with Gasteiger partial charge in [0.1, 0.15) is 6.10 Å². The topological polar surface area (TPSA) is 57.5 Å². The Labute approximate surface area is 125 Å². The molecule has 118 valence electrons. The monoisotopic (exact) mass is 295 g/mol. The number of anilines is 1. The van der Waals surface area contributed by atoms with Crippen molar-refractivity contribution in [1.29, 1.82) is 0 Å². The molecule has 2 fully saturated rings. The van der Waals surface area contributed by atoms with Gasteiger partial charge >= 0.3 is 0 Å². The van der Waals surface area contributed by atoms with Crippen molar-refractivity contribution in [2.45, 2.75) is 57.1 Å². The molecule has 6 heteroatoms. The van der Waals surface area contributed by atoms with Crippen LogP contribution in [-0.4, -0.2) is 54.5 Å². The number of rotatable bonds is 7. The molecule has 0 amide bonds. The van der Waals surface area contributed by atoms with E-state index in [4.69, 9.17) is 14.2 Å². The van der Waals surface area contributed by atoms with Crippen LogP contribution in [0.15, 0.2) is 12.4 Å². The maximum atomic E-state index is 5.64.